The van der Waals surface area contributed by atoms with E-state index in [4.69, 9.17) is 4.74 Å². The smallest absolute Gasteiger partial charge is 0.154 e. The van der Waals surface area contributed by atoms with Gasteiger partial charge in [-0.15, -0.1) is 0 Å². The lowest BCUT2D eigenvalue weighted by molar-refractivity contribution is 0.127. The predicted octanol–water partition coefficient (Wildman–Crippen LogP) is 2.24. The molecule has 1 N–H and O–H groups in total. The molecule has 2 rings (SSSR count). The highest BCUT2D eigenvalue weighted by atomic mass is 32.2. The second-order valence-corrected chi connectivity index (χ2v) is 7.89. The molecular weight excluding hydrogens is 286 g/mol. The number of benzene rings is 1. The average molecular weight is 311 g/mol. The molecule has 0 amide bonds. The Morgan fingerprint density at radius 2 is 2.05 bits per heavy atom. The van der Waals surface area contributed by atoms with Crippen molar-refractivity contribution in [2.45, 2.75) is 38.8 Å². The van der Waals surface area contributed by atoms with Crippen LogP contribution in [0.15, 0.2) is 24.3 Å². The van der Waals surface area contributed by atoms with Gasteiger partial charge in [0.25, 0.3) is 0 Å². The van der Waals surface area contributed by atoms with E-state index in [-0.39, 0.29) is 23.7 Å². The van der Waals surface area contributed by atoms with E-state index in [0.717, 1.165) is 24.9 Å². The summed E-state index contributed by atoms with van der Waals surface area (Å²) < 4.78 is 30.2. The van der Waals surface area contributed by atoms with Gasteiger partial charge in [-0.3, -0.25) is 0 Å². The maximum atomic E-state index is 12.4. The van der Waals surface area contributed by atoms with Gasteiger partial charge in [-0.1, -0.05) is 36.8 Å². The zero-order chi connectivity index (χ0) is 15.3. The molecule has 1 saturated heterocycles. The third-order valence-electron chi connectivity index (χ3n) is 3.81. The molecule has 0 saturated carbocycles. The van der Waals surface area contributed by atoms with Crippen LogP contribution < -0.4 is 5.32 Å². The minimum atomic E-state index is -3.13. The zero-order valence-corrected chi connectivity index (χ0v) is 13.7. The lowest BCUT2D eigenvalue weighted by atomic mass is 10.1. The molecule has 118 valence electrons. The van der Waals surface area contributed by atoms with Crippen molar-refractivity contribution in [3.05, 3.63) is 35.4 Å². The number of nitrogens with one attached hydrogen (secondary N) is 1. The molecule has 2 unspecified atom stereocenters. The number of aryl methyl sites for hydroxylation is 1. The normalized spacial score (nSPS) is 20.6. The Hall–Kier alpha value is -0.910. The van der Waals surface area contributed by atoms with Crippen molar-refractivity contribution in [2.24, 2.45) is 0 Å². The van der Waals surface area contributed by atoms with Crippen LogP contribution in [0.5, 0.6) is 0 Å². The first-order valence-corrected chi connectivity index (χ1v) is 9.44. The van der Waals surface area contributed by atoms with Crippen molar-refractivity contribution in [1.29, 1.82) is 0 Å². The molecule has 0 aliphatic carbocycles. The fourth-order valence-electron chi connectivity index (χ4n) is 2.70. The molecule has 0 radical (unpaired) electrons. The van der Waals surface area contributed by atoms with E-state index in [1.165, 1.54) is 5.56 Å². The summed E-state index contributed by atoms with van der Waals surface area (Å²) in [5.41, 5.74) is 2.20. The lowest BCUT2D eigenvalue weighted by Gasteiger charge is -2.20. The first kappa shape index (κ1) is 16.5. The van der Waals surface area contributed by atoms with Gasteiger partial charge in [-0.25, -0.2) is 8.42 Å². The molecule has 1 fully saturated rings. The van der Waals surface area contributed by atoms with E-state index in [1.54, 1.807) is 0 Å². The fourth-order valence-corrected chi connectivity index (χ4v) is 4.48. The number of hydrogen-bond acceptors (Lipinski definition) is 4. The van der Waals surface area contributed by atoms with Gasteiger partial charge in [0, 0.05) is 12.6 Å². The van der Waals surface area contributed by atoms with E-state index < -0.39 is 9.84 Å². The van der Waals surface area contributed by atoms with Crippen molar-refractivity contribution in [3.63, 3.8) is 0 Å². The van der Waals surface area contributed by atoms with E-state index in [1.807, 2.05) is 38.1 Å². The molecule has 0 aromatic heterocycles. The minimum absolute atomic E-state index is 0.115. The predicted molar refractivity (Wildman–Crippen MR) is 85.2 cm³/mol. The van der Waals surface area contributed by atoms with Gasteiger partial charge in [-0.05, 0) is 31.9 Å². The van der Waals surface area contributed by atoms with Gasteiger partial charge in [0.05, 0.1) is 17.6 Å². The van der Waals surface area contributed by atoms with Gasteiger partial charge in [0.2, 0.25) is 0 Å². The van der Waals surface area contributed by atoms with E-state index >= 15 is 0 Å². The zero-order valence-electron chi connectivity index (χ0n) is 12.8. The SMILES string of the molecule is CCNC(CS(=O)(=O)CC1CCCO1)c1ccc(C)cc1. The number of sulfone groups is 1. The molecule has 21 heavy (non-hydrogen) atoms. The number of ether oxygens (including phenoxy) is 1. The highest BCUT2D eigenvalue weighted by Crippen LogP contribution is 2.19. The van der Waals surface area contributed by atoms with Crippen LogP contribution in [0, 0.1) is 6.92 Å². The Morgan fingerprint density at radius 1 is 1.33 bits per heavy atom. The Balaban J connectivity index is 2.05. The first-order valence-electron chi connectivity index (χ1n) is 7.62. The summed E-state index contributed by atoms with van der Waals surface area (Å²) in [6.07, 6.45) is 1.71. The molecule has 1 aliphatic rings. The van der Waals surface area contributed by atoms with E-state index in [0.29, 0.717) is 6.61 Å². The topological polar surface area (TPSA) is 55.4 Å². The van der Waals surface area contributed by atoms with Crippen molar-refractivity contribution in [1.82, 2.24) is 5.32 Å². The van der Waals surface area contributed by atoms with Crippen LogP contribution in [0.2, 0.25) is 0 Å². The van der Waals surface area contributed by atoms with Crippen molar-refractivity contribution < 1.29 is 13.2 Å². The van der Waals surface area contributed by atoms with Crippen LogP contribution in [0.25, 0.3) is 0 Å². The summed E-state index contributed by atoms with van der Waals surface area (Å²) in [4.78, 5) is 0. The van der Waals surface area contributed by atoms with Crippen LogP contribution in [0.3, 0.4) is 0 Å². The molecule has 1 heterocycles. The highest BCUT2D eigenvalue weighted by molar-refractivity contribution is 7.91. The van der Waals surface area contributed by atoms with Gasteiger partial charge < -0.3 is 10.1 Å². The molecule has 1 aromatic rings. The first-order chi connectivity index (χ1) is 10.00. The summed E-state index contributed by atoms with van der Waals surface area (Å²) in [6, 6.07) is 7.90. The summed E-state index contributed by atoms with van der Waals surface area (Å²) in [5.74, 6) is 0.268. The van der Waals surface area contributed by atoms with Crippen LogP contribution in [0.1, 0.15) is 36.9 Å². The summed E-state index contributed by atoms with van der Waals surface area (Å²) in [6.45, 7) is 5.46. The second-order valence-electron chi connectivity index (χ2n) is 5.73. The number of rotatable bonds is 7. The third-order valence-corrected chi connectivity index (χ3v) is 5.54. The molecule has 1 aromatic carbocycles. The lowest BCUT2D eigenvalue weighted by Crippen LogP contribution is -2.31. The largest absolute Gasteiger partial charge is 0.377 e. The van der Waals surface area contributed by atoms with Gasteiger partial charge in [-0.2, -0.15) is 0 Å². The summed E-state index contributed by atoms with van der Waals surface area (Å²) in [7, 11) is -3.13. The minimum Gasteiger partial charge on any atom is -0.377 e. The quantitative estimate of drug-likeness (QED) is 0.839. The highest BCUT2D eigenvalue weighted by Gasteiger charge is 2.26. The molecule has 2 atom stereocenters. The van der Waals surface area contributed by atoms with Crippen LogP contribution in [0.4, 0.5) is 0 Å². The maximum Gasteiger partial charge on any atom is 0.154 e. The van der Waals surface area contributed by atoms with Gasteiger partial charge >= 0.3 is 0 Å². The Morgan fingerprint density at radius 3 is 2.62 bits per heavy atom. The molecule has 5 heteroatoms. The van der Waals surface area contributed by atoms with Gasteiger partial charge in [0.15, 0.2) is 9.84 Å². The monoisotopic (exact) mass is 311 g/mol. The van der Waals surface area contributed by atoms with Crippen LogP contribution in [-0.2, 0) is 14.6 Å². The van der Waals surface area contributed by atoms with Crippen LogP contribution in [-0.4, -0.2) is 39.2 Å². The third kappa shape index (κ3) is 5.09. The summed E-state index contributed by atoms with van der Waals surface area (Å²) in [5, 5.41) is 3.28. The van der Waals surface area contributed by atoms with Crippen molar-refractivity contribution in [3.8, 4) is 0 Å². The number of hydrogen-bond donors (Lipinski definition) is 1. The summed E-state index contributed by atoms with van der Waals surface area (Å²) >= 11 is 0. The Kier molecular flexibility index (Phi) is 5.79. The van der Waals surface area contributed by atoms with Crippen molar-refractivity contribution in [2.75, 3.05) is 24.7 Å². The second kappa shape index (κ2) is 7.38. The molecular formula is C16H25NO3S. The van der Waals surface area contributed by atoms with Gasteiger partial charge in [0.1, 0.15) is 0 Å². The van der Waals surface area contributed by atoms with Crippen molar-refractivity contribution >= 4 is 9.84 Å². The van der Waals surface area contributed by atoms with E-state index in [9.17, 15) is 8.42 Å². The Bertz CT molecular complexity index is 533. The standard InChI is InChI=1S/C16H25NO3S/c1-3-17-16(14-8-6-13(2)7-9-14)12-21(18,19)11-15-5-4-10-20-15/h6-9,15-17H,3-5,10-12H2,1-2H3. The maximum absolute atomic E-state index is 12.4. The van der Waals surface area contributed by atoms with E-state index in [2.05, 4.69) is 5.32 Å². The fraction of sp³-hybridized carbons (Fsp3) is 0.625. The van der Waals surface area contributed by atoms with Crippen LogP contribution >= 0.6 is 0 Å². The molecule has 1 aliphatic heterocycles. The Labute approximate surface area is 127 Å². The molecule has 0 bridgehead atoms. The average Bonchev–Trinajstić information content (AvgIpc) is 2.91. The molecule has 4 nitrogen and oxygen atoms in total. The molecule has 0 spiro atoms.